The molecule has 2 aromatic heterocycles. The molecule has 98 valence electrons. The summed E-state index contributed by atoms with van der Waals surface area (Å²) in [7, 11) is 1.83. The summed E-state index contributed by atoms with van der Waals surface area (Å²) in [5.41, 5.74) is 4.06. The van der Waals surface area contributed by atoms with Crippen molar-refractivity contribution in [2.75, 3.05) is 0 Å². The number of fused-ring (bicyclic) bond motifs is 1. The molecule has 19 heavy (non-hydrogen) atoms. The van der Waals surface area contributed by atoms with Crippen molar-refractivity contribution in [3.05, 3.63) is 40.7 Å². The summed E-state index contributed by atoms with van der Waals surface area (Å²) in [6, 6.07) is 6.03. The van der Waals surface area contributed by atoms with Crippen LogP contribution in [0.4, 0.5) is 0 Å². The third kappa shape index (κ3) is 2.47. The Balaban J connectivity index is 1.70. The molecule has 0 radical (unpaired) electrons. The van der Waals surface area contributed by atoms with Crippen LogP contribution < -0.4 is 5.32 Å². The van der Waals surface area contributed by atoms with Gasteiger partial charge in [-0.1, -0.05) is 23.7 Å². The summed E-state index contributed by atoms with van der Waals surface area (Å²) in [5, 5.41) is 8.13. The minimum Gasteiger partial charge on any atom is -0.308 e. The van der Waals surface area contributed by atoms with Crippen LogP contribution in [0.2, 0.25) is 5.15 Å². The van der Waals surface area contributed by atoms with E-state index in [1.165, 1.54) is 11.7 Å². The van der Waals surface area contributed by atoms with Crippen LogP contribution in [0.5, 0.6) is 0 Å². The minimum absolute atomic E-state index is 0.668. The summed E-state index contributed by atoms with van der Waals surface area (Å²) in [4.78, 5) is 0. The van der Waals surface area contributed by atoms with Crippen molar-refractivity contribution in [3.63, 3.8) is 0 Å². The van der Waals surface area contributed by atoms with E-state index in [4.69, 9.17) is 11.6 Å². The number of benzene rings is 1. The number of hydrogen-bond acceptors (Lipinski definition) is 5. The highest BCUT2D eigenvalue weighted by Gasteiger charge is 2.07. The summed E-state index contributed by atoms with van der Waals surface area (Å²) in [6.07, 6.45) is 1.78. The maximum absolute atomic E-state index is 6.11. The van der Waals surface area contributed by atoms with E-state index in [0.717, 1.165) is 28.7 Å². The Hall–Kier alpha value is -1.50. The third-order valence-corrected chi connectivity index (χ3v) is 3.97. The number of nitrogens with zero attached hydrogens (tertiary/aromatic N) is 4. The highest BCUT2D eigenvalue weighted by atomic mass is 35.5. The Kier molecular flexibility index (Phi) is 3.46. The van der Waals surface area contributed by atoms with Gasteiger partial charge in [0, 0.05) is 25.7 Å². The van der Waals surface area contributed by atoms with E-state index in [1.807, 2.05) is 19.2 Å². The van der Waals surface area contributed by atoms with Gasteiger partial charge in [0.2, 0.25) is 0 Å². The van der Waals surface area contributed by atoms with Gasteiger partial charge >= 0.3 is 0 Å². The molecule has 1 N–H and O–H groups in total. The Morgan fingerprint density at radius 3 is 2.89 bits per heavy atom. The number of halogens is 1. The SMILES string of the molecule is Cn1ncc(CNCc2cccc3nsnc23)c1Cl. The van der Waals surface area contributed by atoms with Crippen molar-refractivity contribution >= 4 is 34.4 Å². The van der Waals surface area contributed by atoms with Crippen molar-refractivity contribution in [1.29, 1.82) is 0 Å². The smallest absolute Gasteiger partial charge is 0.131 e. The van der Waals surface area contributed by atoms with Gasteiger partial charge in [-0.15, -0.1) is 0 Å². The summed E-state index contributed by atoms with van der Waals surface area (Å²) >= 11 is 7.35. The topological polar surface area (TPSA) is 55.6 Å². The second-order valence-corrected chi connectivity index (χ2v) is 5.12. The molecule has 0 saturated carbocycles. The molecule has 0 amide bonds. The lowest BCUT2D eigenvalue weighted by Gasteiger charge is -2.04. The van der Waals surface area contributed by atoms with Crippen LogP contribution in [0.1, 0.15) is 11.1 Å². The zero-order valence-electron chi connectivity index (χ0n) is 10.3. The Morgan fingerprint density at radius 2 is 2.11 bits per heavy atom. The van der Waals surface area contributed by atoms with E-state index < -0.39 is 0 Å². The van der Waals surface area contributed by atoms with Gasteiger partial charge in [0.05, 0.1) is 17.9 Å². The van der Waals surface area contributed by atoms with Gasteiger partial charge in [-0.2, -0.15) is 13.8 Å². The molecule has 0 spiro atoms. The van der Waals surface area contributed by atoms with E-state index in [9.17, 15) is 0 Å². The maximum Gasteiger partial charge on any atom is 0.131 e. The van der Waals surface area contributed by atoms with Gasteiger partial charge in [-0.25, -0.2) is 0 Å². The van der Waals surface area contributed by atoms with Crippen molar-refractivity contribution in [2.45, 2.75) is 13.1 Å². The molecule has 0 bridgehead atoms. The summed E-state index contributed by atoms with van der Waals surface area (Å²) in [5.74, 6) is 0. The molecule has 0 unspecified atom stereocenters. The molecule has 0 aliphatic carbocycles. The fourth-order valence-electron chi connectivity index (χ4n) is 1.92. The Labute approximate surface area is 119 Å². The fourth-order valence-corrected chi connectivity index (χ4v) is 2.65. The van der Waals surface area contributed by atoms with Gasteiger partial charge in [-0.05, 0) is 11.6 Å². The fraction of sp³-hybridized carbons (Fsp3) is 0.250. The highest BCUT2D eigenvalue weighted by Crippen LogP contribution is 2.17. The van der Waals surface area contributed by atoms with E-state index in [1.54, 1.807) is 10.9 Å². The molecule has 0 saturated heterocycles. The van der Waals surface area contributed by atoms with Crippen molar-refractivity contribution in [3.8, 4) is 0 Å². The Bertz CT molecular complexity index is 705. The first kappa shape index (κ1) is 12.5. The van der Waals surface area contributed by atoms with Crippen molar-refractivity contribution < 1.29 is 0 Å². The lowest BCUT2D eigenvalue weighted by molar-refractivity contribution is 0.694. The predicted octanol–water partition coefficient (Wildman–Crippen LogP) is 2.37. The molecular formula is C12H12ClN5S. The van der Waals surface area contributed by atoms with E-state index in [2.05, 4.69) is 25.2 Å². The summed E-state index contributed by atoms with van der Waals surface area (Å²) in [6.45, 7) is 1.41. The van der Waals surface area contributed by atoms with Crippen LogP contribution in [0.3, 0.4) is 0 Å². The van der Waals surface area contributed by atoms with Gasteiger partial charge in [0.25, 0.3) is 0 Å². The average Bonchev–Trinajstić information content (AvgIpc) is 3.00. The normalized spacial score (nSPS) is 11.3. The van der Waals surface area contributed by atoms with Gasteiger partial charge in [0.15, 0.2) is 0 Å². The average molecular weight is 294 g/mol. The predicted molar refractivity (Wildman–Crippen MR) is 76.2 cm³/mol. The third-order valence-electron chi connectivity index (χ3n) is 2.94. The van der Waals surface area contributed by atoms with Crippen molar-refractivity contribution in [1.82, 2.24) is 23.8 Å². The number of rotatable bonds is 4. The first-order valence-corrected chi connectivity index (χ1v) is 6.94. The molecule has 2 heterocycles. The quantitative estimate of drug-likeness (QED) is 0.802. The van der Waals surface area contributed by atoms with Crippen LogP contribution >= 0.6 is 23.3 Å². The van der Waals surface area contributed by atoms with E-state index in [0.29, 0.717) is 11.7 Å². The van der Waals surface area contributed by atoms with Crippen molar-refractivity contribution in [2.24, 2.45) is 7.05 Å². The molecule has 3 rings (SSSR count). The van der Waals surface area contributed by atoms with Crippen LogP contribution in [-0.4, -0.2) is 18.5 Å². The zero-order chi connectivity index (χ0) is 13.2. The molecule has 1 aromatic carbocycles. The highest BCUT2D eigenvalue weighted by molar-refractivity contribution is 7.00. The number of hydrogen-bond donors (Lipinski definition) is 1. The maximum atomic E-state index is 6.11. The van der Waals surface area contributed by atoms with E-state index >= 15 is 0 Å². The monoisotopic (exact) mass is 293 g/mol. The van der Waals surface area contributed by atoms with Crippen LogP contribution in [0, 0.1) is 0 Å². The first-order chi connectivity index (χ1) is 9.25. The van der Waals surface area contributed by atoms with E-state index in [-0.39, 0.29) is 0 Å². The molecule has 7 heteroatoms. The molecule has 0 aliphatic rings. The molecule has 0 aliphatic heterocycles. The van der Waals surface area contributed by atoms with Gasteiger partial charge in [-0.3, -0.25) is 4.68 Å². The first-order valence-electron chi connectivity index (χ1n) is 5.83. The molecule has 3 aromatic rings. The number of nitrogens with one attached hydrogen (secondary N) is 1. The minimum atomic E-state index is 0.668. The lowest BCUT2D eigenvalue weighted by atomic mass is 10.2. The molecule has 5 nitrogen and oxygen atoms in total. The van der Waals surface area contributed by atoms with Crippen LogP contribution in [-0.2, 0) is 20.1 Å². The van der Waals surface area contributed by atoms with Gasteiger partial charge in [0.1, 0.15) is 16.2 Å². The largest absolute Gasteiger partial charge is 0.308 e. The standard InChI is InChI=1S/C12H12ClN5S/c1-18-12(13)9(7-15-18)6-14-5-8-3-2-4-10-11(8)17-19-16-10/h2-4,7,14H,5-6H2,1H3. The van der Waals surface area contributed by atoms with Crippen LogP contribution in [0.25, 0.3) is 11.0 Å². The second kappa shape index (κ2) is 5.24. The Morgan fingerprint density at radius 1 is 1.26 bits per heavy atom. The van der Waals surface area contributed by atoms with Gasteiger partial charge < -0.3 is 5.32 Å². The van der Waals surface area contributed by atoms with Crippen LogP contribution in [0.15, 0.2) is 24.4 Å². The molecule has 0 atom stereocenters. The number of aryl methyl sites for hydroxylation is 1. The lowest BCUT2D eigenvalue weighted by Crippen LogP contribution is -2.13. The number of aromatic nitrogens is 4. The molecule has 0 fully saturated rings. The zero-order valence-corrected chi connectivity index (χ0v) is 11.9. The summed E-state index contributed by atoms with van der Waals surface area (Å²) < 4.78 is 10.2. The molecular weight excluding hydrogens is 282 g/mol. The second-order valence-electron chi connectivity index (χ2n) is 4.24.